The number of aryl methyl sites for hydroxylation is 1. The van der Waals surface area contributed by atoms with Crippen molar-refractivity contribution in [3.8, 4) is 22.4 Å². The summed E-state index contributed by atoms with van der Waals surface area (Å²) in [6.07, 6.45) is -2.16. The van der Waals surface area contributed by atoms with Gasteiger partial charge in [-0.05, 0) is 42.8 Å². The molecule has 0 saturated heterocycles. The first-order chi connectivity index (χ1) is 19.1. The molecule has 1 N–H and O–H groups in total. The molecule has 3 aromatic heterocycles. The van der Waals surface area contributed by atoms with Crippen LogP contribution in [0.1, 0.15) is 33.3 Å². The van der Waals surface area contributed by atoms with Crippen LogP contribution in [0.3, 0.4) is 0 Å². The van der Waals surface area contributed by atoms with Gasteiger partial charge in [0.05, 0.1) is 28.9 Å². The highest BCUT2D eigenvalue weighted by molar-refractivity contribution is 6.07. The number of nitrogens with one attached hydrogen (secondary N) is 1. The molecule has 5 rings (SSSR count). The molecule has 0 fully saturated rings. The van der Waals surface area contributed by atoms with Crippen molar-refractivity contribution in [2.24, 2.45) is 7.05 Å². The topological polar surface area (TPSA) is 90.5 Å². The highest BCUT2D eigenvalue weighted by Gasteiger charge is 2.36. The molecular formula is C28H21F4N5O3. The molecule has 204 valence electrons. The first kappa shape index (κ1) is 26.6. The number of carbonyl (C=O) groups is 2. The summed E-state index contributed by atoms with van der Waals surface area (Å²) in [6.45, 7) is 1.77. The number of carbonyl (C=O) groups excluding carboxylic acids is 2. The van der Waals surface area contributed by atoms with Gasteiger partial charge >= 0.3 is 12.1 Å². The van der Waals surface area contributed by atoms with Crippen LogP contribution in [0, 0.1) is 5.82 Å². The predicted molar refractivity (Wildman–Crippen MR) is 138 cm³/mol. The van der Waals surface area contributed by atoms with Gasteiger partial charge in [-0.2, -0.15) is 18.3 Å². The van der Waals surface area contributed by atoms with Crippen molar-refractivity contribution in [2.75, 3.05) is 11.9 Å². The predicted octanol–water partition coefficient (Wildman–Crippen LogP) is 5.99. The standard InChI is InChI=1S/C28H21F4N5O3/c1-3-40-27(39)24-23-10-9-17(16-7-5-4-6-8-16)25(37(23)15-33-24)34-26(38)19-13-18(22-11-12-36(2)35-22)20(14-21(19)29)28(30,31)32/h4-15H,3H2,1-2H3,(H,34,38). The maximum atomic E-state index is 15.1. The summed E-state index contributed by atoms with van der Waals surface area (Å²) in [5.74, 6) is -2.94. The lowest BCUT2D eigenvalue weighted by molar-refractivity contribution is -0.137. The number of anilines is 1. The lowest BCUT2D eigenvalue weighted by Gasteiger charge is -2.17. The number of rotatable bonds is 6. The maximum absolute atomic E-state index is 15.1. The molecule has 0 saturated carbocycles. The molecule has 5 aromatic rings. The van der Waals surface area contributed by atoms with Crippen LogP contribution in [0.4, 0.5) is 23.4 Å². The van der Waals surface area contributed by atoms with E-state index < -0.39 is 40.6 Å². The highest BCUT2D eigenvalue weighted by Crippen LogP contribution is 2.38. The van der Waals surface area contributed by atoms with Gasteiger partial charge in [0, 0.05) is 24.4 Å². The van der Waals surface area contributed by atoms with Gasteiger partial charge < -0.3 is 10.1 Å². The quantitative estimate of drug-likeness (QED) is 0.207. The number of alkyl halides is 3. The summed E-state index contributed by atoms with van der Waals surface area (Å²) in [6, 6.07) is 14.6. The zero-order chi connectivity index (χ0) is 28.6. The van der Waals surface area contributed by atoms with Crippen LogP contribution >= 0.6 is 0 Å². The summed E-state index contributed by atoms with van der Waals surface area (Å²) in [5.41, 5.74) is -0.959. The molecule has 40 heavy (non-hydrogen) atoms. The second-order valence-corrected chi connectivity index (χ2v) is 8.73. The number of amides is 1. The Morgan fingerprint density at radius 1 is 1.02 bits per heavy atom. The maximum Gasteiger partial charge on any atom is 0.417 e. The molecule has 0 bridgehead atoms. The monoisotopic (exact) mass is 551 g/mol. The molecule has 1 amide bonds. The third-order valence-corrected chi connectivity index (χ3v) is 6.14. The Labute approximate surface area is 224 Å². The Morgan fingerprint density at radius 2 is 1.77 bits per heavy atom. The number of pyridine rings is 1. The molecule has 0 unspecified atom stereocenters. The minimum absolute atomic E-state index is 0.00453. The van der Waals surface area contributed by atoms with E-state index in [9.17, 15) is 22.8 Å². The second-order valence-electron chi connectivity index (χ2n) is 8.73. The molecule has 0 aliphatic carbocycles. The number of nitrogens with zero attached hydrogens (tertiary/aromatic N) is 4. The number of benzene rings is 2. The number of imidazole rings is 1. The van der Waals surface area contributed by atoms with Crippen molar-refractivity contribution in [3.63, 3.8) is 0 Å². The zero-order valence-electron chi connectivity index (χ0n) is 21.2. The van der Waals surface area contributed by atoms with E-state index in [4.69, 9.17) is 4.74 Å². The van der Waals surface area contributed by atoms with Crippen LogP contribution in [0.15, 0.2) is 73.2 Å². The van der Waals surface area contributed by atoms with Gasteiger partial charge in [0.2, 0.25) is 0 Å². The highest BCUT2D eigenvalue weighted by atomic mass is 19.4. The number of halogens is 4. The van der Waals surface area contributed by atoms with Crippen molar-refractivity contribution >= 4 is 23.2 Å². The van der Waals surface area contributed by atoms with E-state index in [1.165, 1.54) is 34.7 Å². The molecule has 0 aliphatic heterocycles. The summed E-state index contributed by atoms with van der Waals surface area (Å²) in [7, 11) is 1.52. The molecular weight excluding hydrogens is 530 g/mol. The van der Waals surface area contributed by atoms with E-state index in [-0.39, 0.29) is 29.9 Å². The molecule has 0 aliphatic rings. The third-order valence-electron chi connectivity index (χ3n) is 6.14. The zero-order valence-corrected chi connectivity index (χ0v) is 21.2. The Kier molecular flexibility index (Phi) is 6.84. The lowest BCUT2D eigenvalue weighted by Crippen LogP contribution is -2.18. The number of ether oxygens (including phenoxy) is 1. The molecule has 3 heterocycles. The van der Waals surface area contributed by atoms with E-state index in [2.05, 4.69) is 15.4 Å². The van der Waals surface area contributed by atoms with Gasteiger partial charge in [-0.3, -0.25) is 13.9 Å². The summed E-state index contributed by atoms with van der Waals surface area (Å²) in [4.78, 5) is 30.0. The van der Waals surface area contributed by atoms with Gasteiger partial charge in [-0.15, -0.1) is 0 Å². The minimum Gasteiger partial charge on any atom is -0.461 e. The number of aromatic nitrogens is 4. The lowest BCUT2D eigenvalue weighted by atomic mass is 9.99. The fraction of sp³-hybridized carbons (Fsp3) is 0.143. The average molecular weight is 552 g/mol. The number of hydrogen-bond acceptors (Lipinski definition) is 5. The fourth-order valence-corrected chi connectivity index (χ4v) is 4.33. The van der Waals surface area contributed by atoms with Crippen molar-refractivity contribution in [1.82, 2.24) is 19.2 Å². The minimum atomic E-state index is -4.89. The van der Waals surface area contributed by atoms with E-state index in [0.717, 1.165) is 6.07 Å². The molecule has 2 aromatic carbocycles. The summed E-state index contributed by atoms with van der Waals surface area (Å²) < 4.78 is 64.2. The van der Waals surface area contributed by atoms with Crippen LogP contribution in [0.25, 0.3) is 27.9 Å². The molecule has 8 nitrogen and oxygen atoms in total. The van der Waals surface area contributed by atoms with E-state index in [1.54, 1.807) is 49.4 Å². The van der Waals surface area contributed by atoms with Gasteiger partial charge in [-0.1, -0.05) is 30.3 Å². The smallest absolute Gasteiger partial charge is 0.417 e. The number of esters is 1. The Balaban J connectivity index is 1.65. The number of hydrogen-bond donors (Lipinski definition) is 1. The Bertz CT molecular complexity index is 1740. The van der Waals surface area contributed by atoms with E-state index in [0.29, 0.717) is 16.6 Å². The van der Waals surface area contributed by atoms with Gasteiger partial charge in [0.15, 0.2) is 5.69 Å². The van der Waals surface area contributed by atoms with E-state index >= 15 is 4.39 Å². The van der Waals surface area contributed by atoms with Crippen LogP contribution in [-0.4, -0.2) is 37.6 Å². The van der Waals surface area contributed by atoms with Gasteiger partial charge in [0.25, 0.3) is 5.91 Å². The second kappa shape index (κ2) is 10.3. The van der Waals surface area contributed by atoms with E-state index in [1.807, 2.05) is 0 Å². The summed E-state index contributed by atoms with van der Waals surface area (Å²) >= 11 is 0. The van der Waals surface area contributed by atoms with Crippen LogP contribution in [0.2, 0.25) is 0 Å². The Morgan fingerprint density at radius 3 is 2.42 bits per heavy atom. The van der Waals surface area contributed by atoms with Crippen molar-refractivity contribution < 1.29 is 31.9 Å². The normalized spacial score (nSPS) is 11.6. The Hall–Kier alpha value is -5.00. The van der Waals surface area contributed by atoms with Crippen LogP contribution in [-0.2, 0) is 18.0 Å². The van der Waals surface area contributed by atoms with Crippen molar-refractivity contribution in [2.45, 2.75) is 13.1 Å². The molecule has 0 spiro atoms. The van der Waals surface area contributed by atoms with Crippen LogP contribution < -0.4 is 5.32 Å². The first-order valence-corrected chi connectivity index (χ1v) is 12.0. The first-order valence-electron chi connectivity index (χ1n) is 12.0. The van der Waals surface area contributed by atoms with Crippen molar-refractivity contribution in [1.29, 1.82) is 0 Å². The van der Waals surface area contributed by atoms with Gasteiger partial charge in [0.1, 0.15) is 18.0 Å². The van der Waals surface area contributed by atoms with Gasteiger partial charge in [-0.25, -0.2) is 14.2 Å². The third kappa shape index (κ3) is 4.91. The SMILES string of the molecule is CCOC(=O)c1ncn2c(NC(=O)c3cc(-c4ccn(C)n4)c(C(F)(F)F)cc3F)c(-c3ccccc3)ccc12. The summed E-state index contributed by atoms with van der Waals surface area (Å²) in [5, 5.41) is 6.63. The molecule has 12 heteroatoms. The number of fused-ring (bicyclic) bond motifs is 1. The average Bonchev–Trinajstić information content (AvgIpc) is 3.55. The molecule has 0 atom stereocenters. The van der Waals surface area contributed by atoms with Crippen LogP contribution in [0.5, 0.6) is 0 Å². The largest absolute Gasteiger partial charge is 0.461 e. The molecule has 0 radical (unpaired) electrons. The fourth-order valence-electron chi connectivity index (χ4n) is 4.33. The van der Waals surface area contributed by atoms with Crippen molar-refractivity contribution in [3.05, 3.63) is 95.8 Å².